The van der Waals surface area contributed by atoms with Gasteiger partial charge in [-0.3, -0.25) is 0 Å². The molecular weight excluding hydrogens is 280 g/mol. The second-order valence-electron chi connectivity index (χ2n) is 7.03. The molecule has 2 nitrogen and oxygen atoms in total. The van der Waals surface area contributed by atoms with Crippen LogP contribution in [-0.2, 0) is 19.5 Å². The molecule has 0 aliphatic heterocycles. The van der Waals surface area contributed by atoms with Crippen LogP contribution in [-0.4, -0.2) is 4.57 Å². The van der Waals surface area contributed by atoms with E-state index in [1.54, 1.807) is 5.82 Å². The Morgan fingerprint density at radius 1 is 0.739 bits per heavy atom. The normalized spacial score (nSPS) is 11.3. The molecule has 1 rings (SSSR count). The summed E-state index contributed by atoms with van der Waals surface area (Å²) < 4.78 is 5.08. The lowest BCUT2D eigenvalue weighted by Crippen LogP contribution is -2.37. The summed E-state index contributed by atoms with van der Waals surface area (Å²) in [4.78, 5) is 0. The van der Waals surface area contributed by atoms with Gasteiger partial charge in [0.25, 0.3) is 5.82 Å². The van der Waals surface area contributed by atoms with Crippen LogP contribution in [0, 0.1) is 0 Å². The van der Waals surface area contributed by atoms with Crippen molar-refractivity contribution in [1.29, 1.82) is 0 Å². The standard InChI is InChI=1S/C21H41N2/c1-4-7-10-12-13-16-21-22(17-14-9-6-3)19-20-23(21)18-15-11-8-5-2/h19-20H,4-18H2,1-3H3/q+1. The second-order valence-corrected chi connectivity index (χ2v) is 7.03. The molecule has 0 radical (unpaired) electrons. The zero-order valence-electron chi connectivity index (χ0n) is 16.2. The van der Waals surface area contributed by atoms with Gasteiger partial charge in [0.1, 0.15) is 12.4 Å². The summed E-state index contributed by atoms with van der Waals surface area (Å²) in [6, 6.07) is 0. The maximum Gasteiger partial charge on any atom is 0.256 e. The third kappa shape index (κ3) is 8.58. The molecule has 134 valence electrons. The summed E-state index contributed by atoms with van der Waals surface area (Å²) in [7, 11) is 0. The van der Waals surface area contributed by atoms with E-state index in [-0.39, 0.29) is 0 Å². The van der Waals surface area contributed by atoms with Crippen molar-refractivity contribution in [3.05, 3.63) is 18.2 Å². The van der Waals surface area contributed by atoms with Crippen molar-refractivity contribution in [3.8, 4) is 0 Å². The number of hydrogen-bond donors (Lipinski definition) is 0. The van der Waals surface area contributed by atoms with Gasteiger partial charge in [0.2, 0.25) is 0 Å². The minimum atomic E-state index is 1.21. The molecule has 2 heteroatoms. The van der Waals surface area contributed by atoms with Crippen molar-refractivity contribution in [2.45, 2.75) is 117 Å². The van der Waals surface area contributed by atoms with Crippen molar-refractivity contribution < 1.29 is 4.57 Å². The fourth-order valence-corrected chi connectivity index (χ4v) is 3.32. The predicted molar refractivity (Wildman–Crippen MR) is 101 cm³/mol. The number of imidazole rings is 1. The lowest BCUT2D eigenvalue weighted by Gasteiger charge is -2.06. The topological polar surface area (TPSA) is 8.81 Å². The molecule has 0 fully saturated rings. The lowest BCUT2D eigenvalue weighted by molar-refractivity contribution is -0.704. The second kappa shape index (κ2) is 13.6. The summed E-state index contributed by atoms with van der Waals surface area (Å²) in [5.41, 5.74) is 0. The maximum absolute atomic E-state index is 2.54. The van der Waals surface area contributed by atoms with Gasteiger partial charge < -0.3 is 0 Å². The Labute approximate surface area is 145 Å². The van der Waals surface area contributed by atoms with Crippen LogP contribution in [0.25, 0.3) is 0 Å². The molecule has 1 aromatic rings. The molecule has 0 bridgehead atoms. The number of rotatable bonds is 15. The number of unbranched alkanes of at least 4 members (excludes halogenated alkanes) is 9. The molecule has 0 aromatic carbocycles. The van der Waals surface area contributed by atoms with E-state index >= 15 is 0 Å². The fraction of sp³-hybridized carbons (Fsp3) is 0.857. The van der Waals surface area contributed by atoms with Crippen molar-refractivity contribution >= 4 is 0 Å². The van der Waals surface area contributed by atoms with E-state index in [1.165, 1.54) is 96.6 Å². The van der Waals surface area contributed by atoms with E-state index in [2.05, 4.69) is 42.3 Å². The highest BCUT2D eigenvalue weighted by Crippen LogP contribution is 2.10. The molecule has 0 amide bonds. The molecule has 0 spiro atoms. The van der Waals surface area contributed by atoms with Gasteiger partial charge in [0.05, 0.1) is 13.1 Å². The van der Waals surface area contributed by atoms with Crippen LogP contribution in [0.5, 0.6) is 0 Å². The van der Waals surface area contributed by atoms with Gasteiger partial charge in [-0.15, -0.1) is 0 Å². The van der Waals surface area contributed by atoms with E-state index in [0.29, 0.717) is 0 Å². The van der Waals surface area contributed by atoms with E-state index < -0.39 is 0 Å². The highest BCUT2D eigenvalue weighted by Gasteiger charge is 2.16. The Morgan fingerprint density at radius 2 is 1.35 bits per heavy atom. The SMILES string of the molecule is CCCCCCCc1n(CCCCCC)cc[n+]1CCCCC. The lowest BCUT2D eigenvalue weighted by atomic mass is 10.1. The van der Waals surface area contributed by atoms with E-state index in [9.17, 15) is 0 Å². The van der Waals surface area contributed by atoms with Crippen LogP contribution < -0.4 is 4.57 Å². The summed E-state index contributed by atoms with van der Waals surface area (Å²) in [5.74, 6) is 1.58. The Bertz CT molecular complexity index is 381. The zero-order chi connectivity index (χ0) is 16.8. The van der Waals surface area contributed by atoms with Gasteiger partial charge >= 0.3 is 0 Å². The van der Waals surface area contributed by atoms with E-state index in [1.807, 2.05) is 0 Å². The largest absolute Gasteiger partial charge is 0.256 e. The third-order valence-electron chi connectivity index (χ3n) is 4.85. The van der Waals surface area contributed by atoms with E-state index in [4.69, 9.17) is 0 Å². The van der Waals surface area contributed by atoms with Crippen LogP contribution in [0.1, 0.15) is 104 Å². The Morgan fingerprint density at radius 3 is 2.04 bits per heavy atom. The Hall–Kier alpha value is -0.790. The first-order valence-electron chi connectivity index (χ1n) is 10.4. The molecular formula is C21H41N2+. The average Bonchev–Trinajstić information content (AvgIpc) is 2.94. The summed E-state index contributed by atoms with van der Waals surface area (Å²) in [5, 5.41) is 0. The minimum Gasteiger partial charge on any atom is -0.234 e. The molecule has 1 aromatic heterocycles. The van der Waals surface area contributed by atoms with Crippen LogP contribution in [0.2, 0.25) is 0 Å². The molecule has 0 aliphatic rings. The number of aromatic nitrogens is 2. The predicted octanol–water partition coefficient (Wildman–Crippen LogP) is 6.06. The van der Waals surface area contributed by atoms with Gasteiger partial charge in [0.15, 0.2) is 0 Å². The molecule has 0 aliphatic carbocycles. The fourth-order valence-electron chi connectivity index (χ4n) is 3.32. The maximum atomic E-state index is 2.54. The van der Waals surface area contributed by atoms with Crippen molar-refractivity contribution in [2.75, 3.05) is 0 Å². The average molecular weight is 322 g/mol. The molecule has 0 atom stereocenters. The van der Waals surface area contributed by atoms with Gasteiger partial charge in [-0.05, 0) is 32.1 Å². The van der Waals surface area contributed by atoms with Gasteiger partial charge in [0, 0.05) is 6.42 Å². The van der Waals surface area contributed by atoms with Crippen LogP contribution >= 0.6 is 0 Å². The summed E-state index contributed by atoms with van der Waals surface area (Å²) in [6.07, 6.45) is 22.2. The molecule has 0 N–H and O–H groups in total. The van der Waals surface area contributed by atoms with Crippen LogP contribution in [0.3, 0.4) is 0 Å². The third-order valence-corrected chi connectivity index (χ3v) is 4.85. The molecule has 0 saturated heterocycles. The van der Waals surface area contributed by atoms with Crippen molar-refractivity contribution in [3.63, 3.8) is 0 Å². The smallest absolute Gasteiger partial charge is 0.234 e. The van der Waals surface area contributed by atoms with Gasteiger partial charge in [-0.2, -0.15) is 0 Å². The highest BCUT2D eigenvalue weighted by molar-refractivity contribution is 4.84. The Balaban J connectivity index is 2.52. The first kappa shape index (κ1) is 20.3. The minimum absolute atomic E-state index is 1.21. The number of nitrogens with zero attached hydrogens (tertiary/aromatic N) is 2. The van der Waals surface area contributed by atoms with Crippen LogP contribution in [0.4, 0.5) is 0 Å². The summed E-state index contributed by atoms with van der Waals surface area (Å²) >= 11 is 0. The van der Waals surface area contributed by atoms with Crippen LogP contribution in [0.15, 0.2) is 12.4 Å². The number of aryl methyl sites for hydroxylation is 2. The first-order valence-corrected chi connectivity index (χ1v) is 10.4. The van der Waals surface area contributed by atoms with Gasteiger partial charge in [-0.25, -0.2) is 9.13 Å². The molecule has 23 heavy (non-hydrogen) atoms. The molecule has 0 saturated carbocycles. The molecule has 0 unspecified atom stereocenters. The number of hydrogen-bond acceptors (Lipinski definition) is 0. The zero-order valence-corrected chi connectivity index (χ0v) is 16.2. The van der Waals surface area contributed by atoms with E-state index in [0.717, 1.165) is 0 Å². The van der Waals surface area contributed by atoms with Crippen molar-refractivity contribution in [2.24, 2.45) is 0 Å². The molecule has 1 heterocycles. The first-order chi connectivity index (χ1) is 11.3. The highest BCUT2D eigenvalue weighted by atomic mass is 15.1. The quantitative estimate of drug-likeness (QED) is 0.274. The summed E-state index contributed by atoms with van der Waals surface area (Å²) in [6.45, 7) is 9.30. The Kier molecular flexibility index (Phi) is 12.0. The monoisotopic (exact) mass is 321 g/mol. The van der Waals surface area contributed by atoms with Crippen molar-refractivity contribution in [1.82, 2.24) is 4.57 Å². The van der Waals surface area contributed by atoms with Gasteiger partial charge in [-0.1, -0.05) is 65.7 Å².